The van der Waals surface area contributed by atoms with Crippen LogP contribution in [0.4, 0.5) is 9.18 Å². The lowest BCUT2D eigenvalue weighted by Gasteiger charge is -2.37. The van der Waals surface area contributed by atoms with Crippen molar-refractivity contribution >= 4 is 6.03 Å². The largest absolute Gasteiger partial charge is 0.493 e. The average molecular weight is 441 g/mol. The molecule has 0 aromatic heterocycles. The van der Waals surface area contributed by atoms with Crippen molar-refractivity contribution in [2.45, 2.75) is 45.8 Å². The number of halogens is 1. The third-order valence-electron chi connectivity index (χ3n) is 4.40. The zero-order chi connectivity index (χ0) is 33.6. The molecule has 0 unspecified atom stereocenters. The van der Waals surface area contributed by atoms with Gasteiger partial charge in [-0.2, -0.15) is 0 Å². The van der Waals surface area contributed by atoms with E-state index in [-0.39, 0.29) is 23.2 Å². The Morgan fingerprint density at radius 3 is 2.58 bits per heavy atom. The molecule has 1 aliphatic rings. The zero-order valence-electron chi connectivity index (χ0n) is 30.4. The predicted octanol–water partition coefficient (Wildman–Crippen LogP) is 4.67. The highest BCUT2D eigenvalue weighted by Gasteiger charge is 2.27. The van der Waals surface area contributed by atoms with Crippen LogP contribution in [0.15, 0.2) is 48.4 Å². The van der Waals surface area contributed by atoms with Crippen LogP contribution in [0.3, 0.4) is 0 Å². The average Bonchev–Trinajstić information content (AvgIpc) is 2.84. The van der Waals surface area contributed by atoms with Crippen LogP contribution in [-0.4, -0.2) is 48.4 Å². The van der Waals surface area contributed by atoms with Crippen LogP contribution in [0.5, 0.6) is 5.75 Å². The molecule has 0 aliphatic carbocycles. The monoisotopic (exact) mass is 440 g/mol. The number of benzene rings is 2. The van der Waals surface area contributed by atoms with E-state index in [9.17, 15) is 9.18 Å². The second-order valence-electron chi connectivity index (χ2n) is 7.43. The molecule has 5 nitrogen and oxygen atoms in total. The predicted molar refractivity (Wildman–Crippen MR) is 121 cm³/mol. The van der Waals surface area contributed by atoms with Gasteiger partial charge in [0.25, 0.3) is 0 Å². The van der Waals surface area contributed by atoms with E-state index in [0.29, 0.717) is 5.56 Å². The van der Waals surface area contributed by atoms with Gasteiger partial charge in [-0.3, -0.25) is 0 Å². The summed E-state index contributed by atoms with van der Waals surface area (Å²) < 4.78 is 126. The summed E-state index contributed by atoms with van der Waals surface area (Å²) in [5, 5.41) is 2.03. The molecule has 31 heavy (non-hydrogen) atoms. The van der Waals surface area contributed by atoms with Crippen molar-refractivity contribution < 1.29 is 31.7 Å². The molecule has 2 aromatic carbocycles. The number of amides is 2. The van der Waals surface area contributed by atoms with Crippen molar-refractivity contribution in [3.8, 4) is 5.75 Å². The normalized spacial score (nSPS) is 25.4. The van der Waals surface area contributed by atoms with Gasteiger partial charge in [0.1, 0.15) is 11.6 Å². The summed E-state index contributed by atoms with van der Waals surface area (Å²) in [6.45, 7) is -8.49. The molecule has 0 spiro atoms. The molecule has 1 saturated heterocycles. The lowest BCUT2D eigenvalue weighted by molar-refractivity contribution is 0.127. The molecular formula is C25H34FN3O2. The second kappa shape index (κ2) is 11.1. The third-order valence-corrected chi connectivity index (χ3v) is 4.40. The first-order chi connectivity index (χ1) is 20.0. The molecule has 1 aliphatic heterocycles. The van der Waals surface area contributed by atoms with Crippen LogP contribution in [0.1, 0.15) is 55.6 Å². The van der Waals surface area contributed by atoms with Gasteiger partial charge in [-0.15, -0.1) is 0 Å². The van der Waals surface area contributed by atoms with Gasteiger partial charge in [-0.1, -0.05) is 38.1 Å². The number of nitrogens with zero attached hydrogens (tertiary/aromatic N) is 2. The molecule has 6 heteroatoms. The standard InChI is InChI=1S/C25H34FN3O2/c1-19(2)18-31-24-10-6-20(7-11-24)16-27-25(30)29(23-12-14-28(3)15-13-23)17-21-4-8-22(26)9-5-21/h4-11,19,23H,12-18H2,1-3H3,(H,27,30)/i3D3,6D,7D,10D,11D,14D2,15D2,16D2. The lowest BCUT2D eigenvalue weighted by Crippen LogP contribution is -2.49. The molecule has 2 amide bonds. The number of nitrogens with one attached hydrogen (secondary N) is 1. The Labute approximate surface area is 203 Å². The van der Waals surface area contributed by atoms with Gasteiger partial charge >= 0.3 is 6.03 Å². The van der Waals surface area contributed by atoms with Crippen molar-refractivity contribution in [2.75, 3.05) is 26.6 Å². The molecule has 0 atom stereocenters. The first kappa shape index (κ1) is 11.3. The Balaban J connectivity index is 2.04. The highest BCUT2D eigenvalue weighted by Crippen LogP contribution is 2.19. The summed E-state index contributed by atoms with van der Waals surface area (Å²) in [6, 6.07) is -0.722. The minimum atomic E-state index is -3.17. The smallest absolute Gasteiger partial charge is 0.318 e. The number of carbonyl (C=O) groups is 1. The van der Waals surface area contributed by atoms with Gasteiger partial charge in [-0.25, -0.2) is 9.18 Å². The molecule has 1 N–H and O–H groups in total. The fraction of sp³-hybridized carbons (Fsp3) is 0.480. The van der Waals surface area contributed by atoms with Gasteiger partial charge in [0, 0.05) is 28.7 Å². The molecule has 1 heterocycles. The topological polar surface area (TPSA) is 44.8 Å². The lowest BCUT2D eigenvalue weighted by atomic mass is 10.0. The Morgan fingerprint density at radius 1 is 1.29 bits per heavy atom. The number of carbonyl (C=O) groups excluding carboxylic acids is 1. The van der Waals surface area contributed by atoms with Crippen LogP contribution in [0.2, 0.25) is 0 Å². The highest BCUT2D eigenvalue weighted by atomic mass is 19.1. The van der Waals surface area contributed by atoms with Crippen LogP contribution in [0, 0.1) is 11.7 Å². The summed E-state index contributed by atoms with van der Waals surface area (Å²) >= 11 is 0. The Morgan fingerprint density at radius 2 is 1.97 bits per heavy atom. The number of likely N-dealkylation sites (tertiary alicyclic amines) is 1. The van der Waals surface area contributed by atoms with Crippen LogP contribution >= 0.6 is 0 Å². The van der Waals surface area contributed by atoms with Crippen LogP contribution in [-0.2, 0) is 13.0 Å². The van der Waals surface area contributed by atoms with E-state index in [4.69, 9.17) is 22.6 Å². The highest BCUT2D eigenvalue weighted by molar-refractivity contribution is 5.74. The maximum Gasteiger partial charge on any atom is 0.318 e. The first-order valence-corrected chi connectivity index (χ1v) is 9.87. The van der Waals surface area contributed by atoms with Gasteiger partial charge in [-0.05, 0) is 74.1 Å². The number of ether oxygens (including phenoxy) is 1. The Kier molecular flexibility index (Phi) is 4.07. The number of hydrogen-bond acceptors (Lipinski definition) is 3. The summed E-state index contributed by atoms with van der Waals surface area (Å²) in [5.41, 5.74) is -0.500. The van der Waals surface area contributed by atoms with Gasteiger partial charge in [0.15, 0.2) is 0 Å². The van der Waals surface area contributed by atoms with Crippen molar-refractivity contribution in [1.29, 1.82) is 0 Å². The Hall–Kier alpha value is -2.60. The summed E-state index contributed by atoms with van der Waals surface area (Å²) in [5.74, 6) is -0.995. The number of hydrogen-bond donors (Lipinski definition) is 1. The van der Waals surface area contributed by atoms with E-state index < -0.39 is 93.5 Å². The maximum atomic E-state index is 13.7. The molecule has 0 bridgehead atoms. The first-order valence-electron chi connectivity index (χ1n) is 16.4. The Bertz CT molecular complexity index is 1320. The SMILES string of the molecule is [2H]c1c([2H])c(C([2H])([2H])NC(=O)N(Cc2ccc(F)cc2)C2CC([2H])([2H])N(C([2H])([2H])[2H])C([2H])([2H])C2)c([2H])c([2H])c1OCC(C)C. The van der Waals surface area contributed by atoms with Gasteiger partial charge in [0.05, 0.1) is 14.8 Å². The van der Waals surface area contributed by atoms with Crippen LogP contribution < -0.4 is 10.1 Å². The van der Waals surface area contributed by atoms with E-state index in [0.717, 1.165) is 17.0 Å². The quantitative estimate of drug-likeness (QED) is 0.649. The maximum absolute atomic E-state index is 13.7. The van der Waals surface area contributed by atoms with E-state index in [1.165, 1.54) is 12.1 Å². The summed E-state index contributed by atoms with van der Waals surface area (Å²) in [6.07, 6.45) is -1.38. The third kappa shape index (κ3) is 7.24. The molecule has 0 saturated carbocycles. The molecule has 2 aromatic rings. The fourth-order valence-corrected chi connectivity index (χ4v) is 2.77. The summed E-state index contributed by atoms with van der Waals surface area (Å²) in [7, 11) is 0. The molecule has 3 rings (SSSR count). The molecule has 1 fully saturated rings. The van der Waals surface area contributed by atoms with Crippen molar-refractivity contribution in [1.82, 2.24) is 15.1 Å². The van der Waals surface area contributed by atoms with E-state index in [1.54, 1.807) is 13.8 Å². The van der Waals surface area contributed by atoms with E-state index >= 15 is 0 Å². The number of urea groups is 1. The molecule has 0 radical (unpaired) electrons. The van der Waals surface area contributed by atoms with Gasteiger partial charge in [0.2, 0.25) is 0 Å². The van der Waals surface area contributed by atoms with Crippen molar-refractivity contribution in [3.63, 3.8) is 0 Å². The van der Waals surface area contributed by atoms with E-state index in [1.807, 2.05) is 5.32 Å². The van der Waals surface area contributed by atoms with Gasteiger partial charge < -0.3 is 19.9 Å². The number of rotatable bonds is 8. The molecular weight excluding hydrogens is 393 g/mol. The number of piperidine rings is 1. The van der Waals surface area contributed by atoms with Crippen molar-refractivity contribution in [2.24, 2.45) is 5.92 Å². The molecule has 168 valence electrons. The zero-order valence-corrected chi connectivity index (χ0v) is 17.4. The van der Waals surface area contributed by atoms with Crippen LogP contribution in [0.25, 0.3) is 0 Å². The fourth-order valence-electron chi connectivity index (χ4n) is 2.77. The minimum absolute atomic E-state index is 0.0151. The summed E-state index contributed by atoms with van der Waals surface area (Å²) in [4.78, 5) is 14.7. The van der Waals surface area contributed by atoms with E-state index in [2.05, 4.69) is 0 Å². The minimum Gasteiger partial charge on any atom is -0.493 e. The second-order valence-corrected chi connectivity index (χ2v) is 7.43. The van der Waals surface area contributed by atoms with Crippen molar-refractivity contribution in [3.05, 3.63) is 65.4 Å².